The number of rotatable bonds is 1. The Kier molecular flexibility index (Phi) is 4.98. The van der Waals surface area contributed by atoms with E-state index in [0.29, 0.717) is 0 Å². The van der Waals surface area contributed by atoms with Crippen molar-refractivity contribution in [2.24, 2.45) is 0 Å². The van der Waals surface area contributed by atoms with E-state index in [0.717, 1.165) is 6.07 Å². The molecule has 0 aliphatic carbocycles. The highest BCUT2D eigenvalue weighted by Crippen LogP contribution is 2.34. The maximum absolute atomic E-state index is 10.7. The molecule has 0 amide bonds. The van der Waals surface area contributed by atoms with Crippen LogP contribution in [0, 0.1) is 0 Å². The van der Waals surface area contributed by atoms with Gasteiger partial charge in [0.25, 0.3) is 10.1 Å². The fourth-order valence-electron chi connectivity index (χ4n) is 0.707. The highest BCUT2D eigenvalue weighted by molar-refractivity contribution is 7.86. The molecule has 1 N–H and O–H groups in total. The van der Waals surface area contributed by atoms with E-state index in [4.69, 9.17) is 39.4 Å². The SMILES string of the molecule is Cl.O=S(=O)(O)c1ccc(Cl)c(Cl)c1Cl. The van der Waals surface area contributed by atoms with Crippen LogP contribution in [0.15, 0.2) is 17.0 Å². The molecule has 0 aromatic heterocycles. The fourth-order valence-corrected chi connectivity index (χ4v) is 2.16. The van der Waals surface area contributed by atoms with Gasteiger partial charge in [-0.25, -0.2) is 0 Å². The van der Waals surface area contributed by atoms with E-state index in [1.165, 1.54) is 6.07 Å². The minimum Gasteiger partial charge on any atom is -0.282 e. The van der Waals surface area contributed by atoms with E-state index in [-0.39, 0.29) is 27.5 Å². The second-order valence-electron chi connectivity index (χ2n) is 2.15. The molecular weight excluding hydrogens is 294 g/mol. The molecule has 0 atom stereocenters. The van der Waals surface area contributed by atoms with E-state index in [1.54, 1.807) is 0 Å². The Bertz CT molecular complexity index is 443. The molecule has 8 heteroatoms. The van der Waals surface area contributed by atoms with Crippen molar-refractivity contribution in [1.29, 1.82) is 0 Å². The third-order valence-corrected chi connectivity index (χ3v) is 3.58. The summed E-state index contributed by atoms with van der Waals surface area (Å²) in [7, 11) is -4.35. The number of hydrogen-bond donors (Lipinski definition) is 1. The van der Waals surface area contributed by atoms with Gasteiger partial charge in [0.15, 0.2) is 0 Å². The van der Waals surface area contributed by atoms with Crippen molar-refractivity contribution in [3.63, 3.8) is 0 Å². The molecule has 3 nitrogen and oxygen atoms in total. The molecule has 0 spiro atoms. The highest BCUT2D eigenvalue weighted by atomic mass is 35.5. The van der Waals surface area contributed by atoms with Gasteiger partial charge in [-0.15, -0.1) is 12.4 Å². The first-order valence-electron chi connectivity index (χ1n) is 2.95. The maximum atomic E-state index is 10.7. The standard InChI is InChI=1S/C6H3Cl3O3S.ClH/c7-3-1-2-4(13(10,11)12)6(9)5(3)8;/h1-2H,(H,10,11,12);1H. The highest BCUT2D eigenvalue weighted by Gasteiger charge is 2.18. The molecule has 0 radical (unpaired) electrons. The summed E-state index contributed by atoms with van der Waals surface area (Å²) < 4.78 is 30.0. The number of halogens is 4. The maximum Gasteiger partial charge on any atom is 0.296 e. The van der Waals surface area contributed by atoms with Crippen molar-refractivity contribution in [1.82, 2.24) is 0 Å². The summed E-state index contributed by atoms with van der Waals surface area (Å²) in [5, 5.41) is -0.255. The van der Waals surface area contributed by atoms with Crippen LogP contribution in [0.2, 0.25) is 15.1 Å². The van der Waals surface area contributed by atoms with Crippen LogP contribution in [0.4, 0.5) is 0 Å². The lowest BCUT2D eigenvalue weighted by molar-refractivity contribution is 0.483. The Morgan fingerprint density at radius 3 is 2.00 bits per heavy atom. The lowest BCUT2D eigenvalue weighted by Crippen LogP contribution is -1.99. The van der Waals surface area contributed by atoms with Gasteiger partial charge < -0.3 is 0 Å². The Morgan fingerprint density at radius 1 is 1.07 bits per heavy atom. The monoisotopic (exact) mass is 296 g/mol. The van der Waals surface area contributed by atoms with Crippen LogP contribution < -0.4 is 0 Å². The van der Waals surface area contributed by atoms with Crippen molar-refractivity contribution in [3.05, 3.63) is 27.2 Å². The zero-order valence-corrected chi connectivity index (χ0v) is 10.3. The van der Waals surface area contributed by atoms with E-state index < -0.39 is 15.0 Å². The van der Waals surface area contributed by atoms with Gasteiger partial charge in [0.2, 0.25) is 0 Å². The average molecular weight is 298 g/mol. The molecule has 1 aromatic carbocycles. The fraction of sp³-hybridized carbons (Fsp3) is 0. The van der Waals surface area contributed by atoms with E-state index >= 15 is 0 Å². The lowest BCUT2D eigenvalue weighted by Gasteiger charge is -2.03. The second kappa shape index (κ2) is 4.88. The smallest absolute Gasteiger partial charge is 0.282 e. The average Bonchev–Trinajstić information content (AvgIpc) is 1.98. The molecule has 0 bridgehead atoms. The molecule has 14 heavy (non-hydrogen) atoms. The van der Waals surface area contributed by atoms with Gasteiger partial charge in [-0.2, -0.15) is 8.42 Å². The van der Waals surface area contributed by atoms with Crippen LogP contribution in [0.5, 0.6) is 0 Å². The normalized spacial score (nSPS) is 10.9. The number of hydrogen-bond acceptors (Lipinski definition) is 2. The molecular formula is C6H4Cl4O3S. The van der Waals surface area contributed by atoms with Gasteiger partial charge in [0, 0.05) is 0 Å². The third kappa shape index (κ3) is 2.89. The Morgan fingerprint density at radius 2 is 1.57 bits per heavy atom. The Labute approximate surface area is 102 Å². The summed E-state index contributed by atoms with van der Waals surface area (Å²) >= 11 is 16.6. The van der Waals surface area contributed by atoms with Gasteiger partial charge in [-0.1, -0.05) is 34.8 Å². The molecule has 0 aliphatic heterocycles. The van der Waals surface area contributed by atoms with Crippen molar-refractivity contribution in [3.8, 4) is 0 Å². The van der Waals surface area contributed by atoms with Crippen LogP contribution in [-0.2, 0) is 10.1 Å². The van der Waals surface area contributed by atoms with Crippen molar-refractivity contribution < 1.29 is 13.0 Å². The van der Waals surface area contributed by atoms with E-state index in [2.05, 4.69) is 0 Å². The number of benzene rings is 1. The van der Waals surface area contributed by atoms with Gasteiger partial charge in [0.05, 0.1) is 15.1 Å². The van der Waals surface area contributed by atoms with Crippen LogP contribution >= 0.6 is 47.2 Å². The second-order valence-corrected chi connectivity index (χ2v) is 4.70. The summed E-state index contributed by atoms with van der Waals surface area (Å²) in [6.07, 6.45) is 0. The van der Waals surface area contributed by atoms with Crippen molar-refractivity contribution in [2.45, 2.75) is 4.90 Å². The summed E-state index contributed by atoms with van der Waals surface area (Å²) in [5.74, 6) is 0. The molecule has 0 heterocycles. The van der Waals surface area contributed by atoms with E-state index in [9.17, 15) is 8.42 Å². The first-order valence-corrected chi connectivity index (χ1v) is 5.52. The zero-order chi connectivity index (χ0) is 10.2. The molecule has 1 aromatic rings. The topological polar surface area (TPSA) is 54.4 Å². The molecule has 0 saturated carbocycles. The van der Waals surface area contributed by atoms with Gasteiger partial charge in [-0.05, 0) is 12.1 Å². The molecule has 0 aliphatic rings. The molecule has 0 saturated heterocycles. The Hall–Kier alpha value is 0.290. The van der Waals surface area contributed by atoms with Crippen molar-refractivity contribution >= 4 is 57.3 Å². The van der Waals surface area contributed by atoms with Crippen LogP contribution in [-0.4, -0.2) is 13.0 Å². The van der Waals surface area contributed by atoms with Gasteiger partial charge in [-0.3, -0.25) is 4.55 Å². The van der Waals surface area contributed by atoms with Crippen LogP contribution in [0.25, 0.3) is 0 Å². The lowest BCUT2D eigenvalue weighted by atomic mass is 10.4. The minimum absolute atomic E-state index is 0. The summed E-state index contributed by atoms with van der Waals surface area (Å²) in [5.41, 5.74) is 0. The largest absolute Gasteiger partial charge is 0.296 e. The summed E-state index contributed by atoms with van der Waals surface area (Å²) in [6, 6.07) is 2.31. The van der Waals surface area contributed by atoms with Crippen LogP contribution in [0.3, 0.4) is 0 Å². The predicted molar refractivity (Wildman–Crippen MR) is 58.5 cm³/mol. The summed E-state index contributed by atoms with van der Waals surface area (Å²) in [4.78, 5) is -0.455. The molecule has 80 valence electrons. The van der Waals surface area contributed by atoms with Crippen molar-refractivity contribution in [2.75, 3.05) is 0 Å². The quantitative estimate of drug-likeness (QED) is 0.639. The first-order chi connectivity index (χ1) is 5.84. The van der Waals surface area contributed by atoms with E-state index in [1.807, 2.05) is 0 Å². The molecule has 0 fully saturated rings. The summed E-state index contributed by atoms with van der Waals surface area (Å²) in [6.45, 7) is 0. The first kappa shape index (κ1) is 14.3. The molecule has 1 rings (SSSR count). The molecule has 0 unspecified atom stereocenters. The minimum atomic E-state index is -4.35. The Balaban J connectivity index is 0.00000169. The van der Waals surface area contributed by atoms with Gasteiger partial charge >= 0.3 is 0 Å². The van der Waals surface area contributed by atoms with Gasteiger partial charge in [0.1, 0.15) is 4.90 Å². The zero-order valence-electron chi connectivity index (χ0n) is 6.37. The predicted octanol–water partition coefficient (Wildman–Crippen LogP) is 3.32. The van der Waals surface area contributed by atoms with Crippen LogP contribution in [0.1, 0.15) is 0 Å². The third-order valence-electron chi connectivity index (χ3n) is 1.28.